The van der Waals surface area contributed by atoms with E-state index in [2.05, 4.69) is 27.0 Å². The van der Waals surface area contributed by atoms with Crippen molar-refractivity contribution in [2.75, 3.05) is 6.61 Å². The molecule has 0 aromatic heterocycles. The summed E-state index contributed by atoms with van der Waals surface area (Å²) < 4.78 is 5.72. The van der Waals surface area contributed by atoms with Crippen molar-refractivity contribution in [1.82, 2.24) is 0 Å². The molecule has 0 spiro atoms. The summed E-state index contributed by atoms with van der Waals surface area (Å²) in [5.74, 6) is 1.48. The molecule has 1 rings (SSSR count). The lowest BCUT2D eigenvalue weighted by Crippen LogP contribution is -2.26. The Morgan fingerprint density at radius 3 is 2.84 bits per heavy atom. The quantitative estimate of drug-likeness (QED) is 0.662. The van der Waals surface area contributed by atoms with Crippen LogP contribution in [0.2, 0.25) is 0 Å². The van der Waals surface area contributed by atoms with Gasteiger partial charge >= 0.3 is 0 Å². The Morgan fingerprint density at radius 2 is 2.26 bits per heavy atom. The van der Waals surface area contributed by atoms with Gasteiger partial charge in [0, 0.05) is 17.9 Å². The predicted octanol–water partition coefficient (Wildman–Crippen LogP) is 4.43. The molecule has 1 atom stereocenters. The van der Waals surface area contributed by atoms with Gasteiger partial charge in [-0.1, -0.05) is 45.6 Å². The van der Waals surface area contributed by atoms with Crippen LogP contribution < -0.4 is 0 Å². The molecule has 106 valence electrons. The van der Waals surface area contributed by atoms with Crippen molar-refractivity contribution in [1.29, 1.82) is 0 Å². The van der Waals surface area contributed by atoms with E-state index in [9.17, 15) is 4.79 Å². The normalized spacial score (nSPS) is 23.8. The third-order valence-corrected chi connectivity index (χ3v) is 3.55. The first-order valence-electron chi connectivity index (χ1n) is 7.05. The van der Waals surface area contributed by atoms with Crippen LogP contribution in [0.15, 0.2) is 36.6 Å². The number of carbonyl (C=O) groups excluding carboxylic acids is 1. The van der Waals surface area contributed by atoms with Gasteiger partial charge in [0.15, 0.2) is 5.78 Å². The van der Waals surface area contributed by atoms with Crippen molar-refractivity contribution in [3.8, 4) is 0 Å². The lowest BCUT2D eigenvalue weighted by molar-refractivity contribution is -0.123. The second-order valence-corrected chi connectivity index (χ2v) is 6.13. The van der Waals surface area contributed by atoms with Gasteiger partial charge in [-0.05, 0) is 25.2 Å². The van der Waals surface area contributed by atoms with Crippen LogP contribution in [0.5, 0.6) is 0 Å². The first-order chi connectivity index (χ1) is 8.87. The predicted molar refractivity (Wildman–Crippen MR) is 79.8 cm³/mol. The summed E-state index contributed by atoms with van der Waals surface area (Å²) in [6.45, 7) is 14.6. The average molecular weight is 262 g/mol. The molecule has 0 unspecified atom stereocenters. The minimum atomic E-state index is -0.353. The van der Waals surface area contributed by atoms with Crippen molar-refractivity contribution in [2.24, 2.45) is 11.3 Å². The van der Waals surface area contributed by atoms with Gasteiger partial charge in [0.25, 0.3) is 0 Å². The minimum Gasteiger partial charge on any atom is -0.498 e. The molecule has 2 nitrogen and oxygen atoms in total. The molecule has 19 heavy (non-hydrogen) atoms. The molecule has 0 heterocycles. The Bertz CT molecular complexity index is 390. The van der Waals surface area contributed by atoms with Crippen LogP contribution in [0.25, 0.3) is 0 Å². The third kappa shape index (κ3) is 4.70. The zero-order chi connectivity index (χ0) is 14.5. The highest BCUT2D eigenvalue weighted by molar-refractivity contribution is 5.95. The highest BCUT2D eigenvalue weighted by atomic mass is 16.5. The fourth-order valence-electron chi connectivity index (χ4n) is 2.30. The summed E-state index contributed by atoms with van der Waals surface area (Å²) in [6, 6.07) is 0. The number of carbonyl (C=O) groups is 1. The van der Waals surface area contributed by atoms with Gasteiger partial charge in [-0.25, -0.2) is 0 Å². The first kappa shape index (κ1) is 15.7. The van der Waals surface area contributed by atoms with Crippen LogP contribution >= 0.6 is 0 Å². The van der Waals surface area contributed by atoms with Crippen molar-refractivity contribution < 1.29 is 9.53 Å². The molecule has 0 aliphatic heterocycles. The maximum Gasteiger partial charge on any atom is 0.165 e. The number of ether oxygens (including phenoxy) is 1. The van der Waals surface area contributed by atoms with E-state index in [4.69, 9.17) is 4.74 Å². The Kier molecular flexibility index (Phi) is 5.59. The summed E-state index contributed by atoms with van der Waals surface area (Å²) in [7, 11) is 0. The molecule has 0 aromatic rings. The topological polar surface area (TPSA) is 26.3 Å². The number of ketones is 1. The Hall–Kier alpha value is -1.31. The minimum absolute atomic E-state index is 0.159. The van der Waals surface area contributed by atoms with Crippen LogP contribution in [0.3, 0.4) is 0 Å². The lowest BCUT2D eigenvalue weighted by Gasteiger charge is -2.25. The van der Waals surface area contributed by atoms with E-state index in [-0.39, 0.29) is 11.2 Å². The van der Waals surface area contributed by atoms with E-state index in [0.29, 0.717) is 18.9 Å². The molecule has 0 saturated carbocycles. The highest BCUT2D eigenvalue weighted by Crippen LogP contribution is 2.36. The number of hydrogen-bond donors (Lipinski definition) is 0. The van der Waals surface area contributed by atoms with Gasteiger partial charge in [0.1, 0.15) is 0 Å². The summed E-state index contributed by atoms with van der Waals surface area (Å²) in [4.78, 5) is 12.4. The summed E-state index contributed by atoms with van der Waals surface area (Å²) in [5.41, 5.74) is 0.574. The fraction of sp³-hybridized carbons (Fsp3) is 0.588. The average Bonchev–Trinajstić information content (AvgIpc) is 2.47. The molecular formula is C17H26O2. The Balaban J connectivity index is 2.76. The second kappa shape index (κ2) is 6.74. The van der Waals surface area contributed by atoms with E-state index in [1.165, 1.54) is 0 Å². The van der Waals surface area contributed by atoms with E-state index in [1.807, 2.05) is 6.92 Å². The number of rotatable bonds is 6. The maximum absolute atomic E-state index is 12.4. The lowest BCUT2D eigenvalue weighted by atomic mass is 9.77. The summed E-state index contributed by atoms with van der Waals surface area (Å²) in [5, 5.41) is 0. The standard InChI is InChI=1S/C17H26O2/c1-6-14(4)11-17(5)9-7-8-15(10-16(17)18)19-12-13(2)3/h6,10,13H,1,4,7-9,11-12H2,2-3,5H3/t17-/m0/s1. The Labute approximate surface area is 117 Å². The van der Waals surface area contributed by atoms with Crippen LogP contribution in [0.4, 0.5) is 0 Å². The van der Waals surface area contributed by atoms with E-state index >= 15 is 0 Å². The molecule has 0 N–H and O–H groups in total. The molecule has 0 saturated heterocycles. The van der Waals surface area contributed by atoms with Crippen LogP contribution in [-0.2, 0) is 9.53 Å². The molecule has 0 radical (unpaired) electrons. The van der Waals surface area contributed by atoms with Crippen molar-refractivity contribution in [2.45, 2.75) is 46.5 Å². The van der Waals surface area contributed by atoms with Gasteiger partial charge in [0.05, 0.1) is 12.4 Å². The van der Waals surface area contributed by atoms with Crippen LogP contribution in [0.1, 0.15) is 46.5 Å². The van der Waals surface area contributed by atoms with E-state index < -0.39 is 0 Å². The third-order valence-electron chi connectivity index (χ3n) is 3.55. The summed E-state index contributed by atoms with van der Waals surface area (Å²) in [6.07, 6.45) is 6.84. The van der Waals surface area contributed by atoms with Crippen molar-refractivity contribution in [3.63, 3.8) is 0 Å². The molecule has 0 fully saturated rings. The molecule has 1 aliphatic carbocycles. The SMILES string of the molecule is C=CC(=C)C[C@]1(C)CCCC(OCC(C)C)=CC1=O. The van der Waals surface area contributed by atoms with E-state index in [0.717, 1.165) is 30.6 Å². The number of allylic oxidation sites excluding steroid dienone is 4. The van der Waals surface area contributed by atoms with Gasteiger partial charge in [0.2, 0.25) is 0 Å². The van der Waals surface area contributed by atoms with Gasteiger partial charge in [-0.3, -0.25) is 4.79 Å². The first-order valence-corrected chi connectivity index (χ1v) is 7.05. The molecule has 0 bridgehead atoms. The van der Waals surface area contributed by atoms with Crippen molar-refractivity contribution in [3.05, 3.63) is 36.6 Å². The molecule has 0 amide bonds. The van der Waals surface area contributed by atoms with Crippen LogP contribution in [0, 0.1) is 11.3 Å². The Morgan fingerprint density at radius 1 is 1.58 bits per heavy atom. The van der Waals surface area contributed by atoms with E-state index in [1.54, 1.807) is 12.2 Å². The summed E-state index contributed by atoms with van der Waals surface area (Å²) >= 11 is 0. The molecular weight excluding hydrogens is 236 g/mol. The maximum atomic E-state index is 12.4. The van der Waals surface area contributed by atoms with Gasteiger partial charge < -0.3 is 4.74 Å². The smallest absolute Gasteiger partial charge is 0.165 e. The number of hydrogen-bond acceptors (Lipinski definition) is 2. The largest absolute Gasteiger partial charge is 0.498 e. The van der Waals surface area contributed by atoms with Gasteiger partial charge in [-0.15, -0.1) is 0 Å². The monoisotopic (exact) mass is 262 g/mol. The molecule has 1 aliphatic rings. The fourth-order valence-corrected chi connectivity index (χ4v) is 2.30. The van der Waals surface area contributed by atoms with Crippen LogP contribution in [-0.4, -0.2) is 12.4 Å². The zero-order valence-corrected chi connectivity index (χ0v) is 12.5. The highest BCUT2D eigenvalue weighted by Gasteiger charge is 2.33. The zero-order valence-electron chi connectivity index (χ0n) is 12.5. The second-order valence-electron chi connectivity index (χ2n) is 6.13. The molecule has 2 heteroatoms. The molecule has 0 aromatic carbocycles. The van der Waals surface area contributed by atoms with Crippen molar-refractivity contribution >= 4 is 5.78 Å². The van der Waals surface area contributed by atoms with Gasteiger partial charge in [-0.2, -0.15) is 0 Å².